The number of benzene rings is 2. The predicted octanol–water partition coefficient (Wildman–Crippen LogP) is 4.07. The van der Waals surface area contributed by atoms with Gasteiger partial charge < -0.3 is 30.2 Å². The molecule has 0 saturated carbocycles. The molecule has 4 rings (SSSR count). The van der Waals surface area contributed by atoms with E-state index in [1.807, 2.05) is 39.0 Å². The number of esters is 2. The fourth-order valence-electron chi connectivity index (χ4n) is 5.44. The Kier molecular flexibility index (Phi) is 9.96. The highest BCUT2D eigenvalue weighted by molar-refractivity contribution is 6.06. The van der Waals surface area contributed by atoms with Crippen molar-refractivity contribution >= 4 is 23.7 Å². The van der Waals surface area contributed by atoms with Crippen LogP contribution in [0.2, 0.25) is 0 Å². The zero-order valence-electron chi connectivity index (χ0n) is 25.8. The number of nitrogens with two attached hydrogens (primary N) is 1. The number of nitrogens with zero attached hydrogens (tertiary/aromatic N) is 3. The lowest BCUT2D eigenvalue weighted by atomic mass is 9.81. The van der Waals surface area contributed by atoms with Crippen LogP contribution in [0.5, 0.6) is 0 Å². The molecule has 2 aliphatic rings. The number of allylic oxidation sites excluding steroid dienone is 1. The van der Waals surface area contributed by atoms with Crippen LogP contribution in [0.3, 0.4) is 0 Å². The SMILES string of the molecule is COC(=O)C1=C(C(=O)OC)N(c2ccc(CNC3CCCN(C(=O)OC(C)(C)C)C3)cc2)C(N)=C(C#N)C1c1ccccc1. The standard InChI is InChI=1S/C33H39N5O6/c1-33(2,3)44-32(41)37-17-9-12-23(20-37)36-19-21-13-15-24(16-14-21)38-28(31(40)43-5)27(30(39)42-4)26(25(18-34)29(38)35)22-10-7-6-8-11-22/h6-8,10-11,13-16,23,26,36H,9,12,17,19-20,35H2,1-5H3. The van der Waals surface area contributed by atoms with Crippen LogP contribution in [0.4, 0.5) is 10.5 Å². The highest BCUT2D eigenvalue weighted by Gasteiger charge is 2.43. The summed E-state index contributed by atoms with van der Waals surface area (Å²) in [6.07, 6.45) is 1.48. The highest BCUT2D eigenvalue weighted by atomic mass is 16.6. The van der Waals surface area contributed by atoms with Gasteiger partial charge >= 0.3 is 18.0 Å². The second-order valence-electron chi connectivity index (χ2n) is 11.6. The normalized spacial score (nSPS) is 18.9. The van der Waals surface area contributed by atoms with Crippen molar-refractivity contribution in [2.45, 2.75) is 57.7 Å². The molecule has 0 bridgehead atoms. The van der Waals surface area contributed by atoms with E-state index in [0.29, 0.717) is 30.9 Å². The van der Waals surface area contributed by atoms with Gasteiger partial charge in [-0.15, -0.1) is 0 Å². The molecule has 2 aromatic carbocycles. The number of hydrogen-bond acceptors (Lipinski definition) is 10. The average molecular weight is 602 g/mol. The van der Waals surface area contributed by atoms with Gasteiger partial charge in [-0.25, -0.2) is 14.4 Å². The minimum absolute atomic E-state index is 0.00437. The van der Waals surface area contributed by atoms with Crippen LogP contribution in [0.1, 0.15) is 50.7 Å². The van der Waals surface area contributed by atoms with E-state index in [1.54, 1.807) is 41.3 Å². The minimum Gasteiger partial charge on any atom is -0.466 e. The summed E-state index contributed by atoms with van der Waals surface area (Å²) < 4.78 is 15.7. The molecule has 0 spiro atoms. The number of amides is 1. The fraction of sp³-hybridized carbons (Fsp3) is 0.394. The van der Waals surface area contributed by atoms with Crippen LogP contribution in [0.15, 0.2) is 77.3 Å². The number of carbonyl (C=O) groups excluding carboxylic acids is 3. The molecule has 11 heteroatoms. The van der Waals surface area contributed by atoms with Crippen molar-refractivity contribution in [2.75, 3.05) is 32.2 Å². The molecule has 1 amide bonds. The average Bonchev–Trinajstić information content (AvgIpc) is 3.02. The summed E-state index contributed by atoms with van der Waals surface area (Å²) in [6.45, 7) is 7.29. The monoisotopic (exact) mass is 601 g/mol. The third kappa shape index (κ3) is 7.03. The summed E-state index contributed by atoms with van der Waals surface area (Å²) in [6, 6.07) is 18.4. The Morgan fingerprint density at radius 2 is 1.68 bits per heavy atom. The molecule has 232 valence electrons. The second-order valence-corrected chi connectivity index (χ2v) is 11.6. The van der Waals surface area contributed by atoms with E-state index in [-0.39, 0.29) is 34.8 Å². The Balaban J connectivity index is 1.61. The Bertz CT molecular complexity index is 1490. The molecular weight excluding hydrogens is 562 g/mol. The van der Waals surface area contributed by atoms with Gasteiger partial charge in [0.15, 0.2) is 0 Å². The number of anilines is 1. The predicted molar refractivity (Wildman–Crippen MR) is 164 cm³/mol. The largest absolute Gasteiger partial charge is 0.466 e. The van der Waals surface area contributed by atoms with Crippen molar-refractivity contribution < 1.29 is 28.6 Å². The van der Waals surface area contributed by atoms with Gasteiger partial charge in [0.25, 0.3) is 0 Å². The number of likely N-dealkylation sites (tertiary alicyclic amines) is 1. The maximum atomic E-state index is 13.3. The highest BCUT2D eigenvalue weighted by Crippen LogP contribution is 2.43. The number of methoxy groups -OCH3 is 2. The van der Waals surface area contributed by atoms with Gasteiger partial charge in [0.1, 0.15) is 17.1 Å². The first kappa shape index (κ1) is 32.1. The summed E-state index contributed by atoms with van der Waals surface area (Å²) in [7, 11) is 2.43. The van der Waals surface area contributed by atoms with Crippen LogP contribution in [-0.4, -0.2) is 61.9 Å². The van der Waals surface area contributed by atoms with Crippen LogP contribution in [0.25, 0.3) is 0 Å². The summed E-state index contributed by atoms with van der Waals surface area (Å²) in [5.41, 5.74) is 7.96. The van der Waals surface area contributed by atoms with E-state index in [4.69, 9.17) is 19.9 Å². The molecular formula is C33H39N5O6. The van der Waals surface area contributed by atoms with Crippen molar-refractivity contribution in [2.24, 2.45) is 5.73 Å². The number of carbonyl (C=O) groups is 3. The van der Waals surface area contributed by atoms with Gasteiger partial charge in [0.2, 0.25) is 0 Å². The van der Waals surface area contributed by atoms with E-state index >= 15 is 0 Å². The van der Waals surface area contributed by atoms with Crippen molar-refractivity contribution in [3.63, 3.8) is 0 Å². The molecule has 1 saturated heterocycles. The minimum atomic E-state index is -0.932. The van der Waals surface area contributed by atoms with E-state index in [2.05, 4.69) is 11.4 Å². The van der Waals surface area contributed by atoms with Crippen LogP contribution >= 0.6 is 0 Å². The van der Waals surface area contributed by atoms with Crippen LogP contribution in [0, 0.1) is 11.3 Å². The molecule has 2 heterocycles. The van der Waals surface area contributed by atoms with E-state index in [0.717, 1.165) is 18.4 Å². The van der Waals surface area contributed by atoms with Crippen LogP contribution < -0.4 is 16.0 Å². The van der Waals surface area contributed by atoms with Gasteiger partial charge in [-0.1, -0.05) is 42.5 Å². The van der Waals surface area contributed by atoms with Crippen molar-refractivity contribution in [1.29, 1.82) is 5.26 Å². The number of nitrogens with one attached hydrogen (secondary N) is 1. The summed E-state index contributed by atoms with van der Waals surface area (Å²) in [5, 5.41) is 13.7. The maximum absolute atomic E-state index is 13.3. The molecule has 0 aliphatic carbocycles. The third-order valence-corrected chi connectivity index (χ3v) is 7.47. The van der Waals surface area contributed by atoms with Gasteiger partial charge in [0.05, 0.1) is 37.4 Å². The lowest BCUT2D eigenvalue weighted by molar-refractivity contribution is -0.139. The maximum Gasteiger partial charge on any atom is 0.410 e. The molecule has 2 unspecified atom stereocenters. The molecule has 2 aliphatic heterocycles. The summed E-state index contributed by atoms with van der Waals surface area (Å²) in [5.74, 6) is -2.51. The van der Waals surface area contributed by atoms with Gasteiger partial charge in [0, 0.05) is 31.4 Å². The first-order chi connectivity index (χ1) is 21.0. The number of ether oxygens (including phenoxy) is 3. The van der Waals surface area contributed by atoms with E-state index in [1.165, 1.54) is 19.1 Å². The van der Waals surface area contributed by atoms with E-state index in [9.17, 15) is 19.6 Å². The molecule has 0 aromatic heterocycles. The molecule has 44 heavy (non-hydrogen) atoms. The van der Waals surface area contributed by atoms with Crippen LogP contribution in [-0.2, 0) is 30.3 Å². The number of hydrogen-bond donors (Lipinski definition) is 2. The molecule has 3 N–H and O–H groups in total. The fourth-order valence-corrected chi connectivity index (χ4v) is 5.44. The first-order valence-electron chi connectivity index (χ1n) is 14.4. The molecule has 11 nitrogen and oxygen atoms in total. The third-order valence-electron chi connectivity index (χ3n) is 7.47. The summed E-state index contributed by atoms with van der Waals surface area (Å²) in [4.78, 5) is 42.1. The Labute approximate surface area is 257 Å². The lowest BCUT2D eigenvalue weighted by Crippen LogP contribution is -2.49. The summed E-state index contributed by atoms with van der Waals surface area (Å²) >= 11 is 0. The first-order valence-corrected chi connectivity index (χ1v) is 14.4. The quantitative estimate of drug-likeness (QED) is 0.352. The van der Waals surface area contributed by atoms with E-state index < -0.39 is 23.5 Å². The smallest absolute Gasteiger partial charge is 0.410 e. The topological polar surface area (TPSA) is 147 Å². The van der Waals surface area contributed by atoms with Crippen molar-refractivity contribution in [1.82, 2.24) is 10.2 Å². The lowest BCUT2D eigenvalue weighted by Gasteiger charge is -2.36. The number of nitriles is 1. The Morgan fingerprint density at radius 1 is 1.02 bits per heavy atom. The second kappa shape index (κ2) is 13.7. The molecule has 1 fully saturated rings. The van der Waals surface area contributed by atoms with Gasteiger partial charge in [-0.05, 0) is 56.9 Å². The Morgan fingerprint density at radius 3 is 2.27 bits per heavy atom. The number of rotatable bonds is 7. The molecule has 0 radical (unpaired) electrons. The zero-order chi connectivity index (χ0) is 32.0. The van der Waals surface area contributed by atoms with Gasteiger partial charge in [-0.2, -0.15) is 5.26 Å². The molecule has 2 aromatic rings. The molecule has 2 atom stereocenters. The zero-order valence-corrected chi connectivity index (χ0v) is 25.8. The van der Waals surface area contributed by atoms with Gasteiger partial charge in [-0.3, -0.25) is 4.90 Å². The number of piperidine rings is 1. The Hall–Kier alpha value is -4.82. The van der Waals surface area contributed by atoms with Crippen molar-refractivity contribution in [3.8, 4) is 6.07 Å². The van der Waals surface area contributed by atoms with Crippen molar-refractivity contribution in [3.05, 3.63) is 88.4 Å².